The van der Waals surface area contributed by atoms with E-state index in [-0.39, 0.29) is 66.5 Å². The molecule has 4 aromatic rings. The summed E-state index contributed by atoms with van der Waals surface area (Å²) in [6.45, 7) is 3.22. The summed E-state index contributed by atoms with van der Waals surface area (Å²) >= 11 is 0. The summed E-state index contributed by atoms with van der Waals surface area (Å²) in [4.78, 5) is 24.1. The lowest BCUT2D eigenvalue weighted by Crippen LogP contribution is -2.34. The van der Waals surface area contributed by atoms with E-state index in [9.17, 15) is 52.7 Å². The van der Waals surface area contributed by atoms with Gasteiger partial charge in [-0.25, -0.2) is 18.4 Å². The third-order valence-electron chi connectivity index (χ3n) is 10.8. The van der Waals surface area contributed by atoms with E-state index in [4.69, 9.17) is 9.47 Å². The number of aromatic nitrogens is 2. The van der Waals surface area contributed by atoms with Crippen LogP contribution < -0.4 is 14.5 Å². The Kier molecular flexibility index (Phi) is 15.4. The van der Waals surface area contributed by atoms with Crippen molar-refractivity contribution in [3.05, 3.63) is 113 Å². The van der Waals surface area contributed by atoms with E-state index >= 15 is 0 Å². The first kappa shape index (κ1) is 48.0. The van der Waals surface area contributed by atoms with Gasteiger partial charge >= 0.3 is 24.5 Å². The quantitative estimate of drug-likeness (QED) is 0.0757. The Labute approximate surface area is 354 Å². The molecule has 0 N–H and O–H groups in total. The van der Waals surface area contributed by atoms with Crippen molar-refractivity contribution in [2.75, 3.05) is 41.5 Å². The molecular formula is C43H47F9N4O5S. The average Bonchev–Trinajstić information content (AvgIpc) is 3.20. The minimum Gasteiger partial charge on any atom is -0.489 e. The molecule has 1 saturated carbocycles. The highest BCUT2D eigenvalue weighted by molar-refractivity contribution is 7.90. The molecule has 5 rings (SSSR count). The summed E-state index contributed by atoms with van der Waals surface area (Å²) in [6.07, 6.45) is -8.83. The fourth-order valence-electron chi connectivity index (χ4n) is 7.36. The smallest absolute Gasteiger partial charge is 0.416 e. The summed E-state index contributed by atoms with van der Waals surface area (Å²) in [5, 5.41) is 0. The van der Waals surface area contributed by atoms with E-state index in [1.807, 2.05) is 42.2 Å². The summed E-state index contributed by atoms with van der Waals surface area (Å²) in [5.74, 6) is -0.775. The van der Waals surface area contributed by atoms with Crippen LogP contribution in [0.4, 0.5) is 51.1 Å². The highest BCUT2D eigenvalue weighted by Crippen LogP contribution is 2.41. The SMILES string of the molecule is CCN(CC1CCC(CC(=O)OCc2ccccc2)CC1)c1ccc(C(F)(F)F)cc1CN(c1ncc(OCCS(C)(=O)=O)cn1)[C@@H](C)c1cc(C(F)(F)F)cc(C(F)(F)F)c1. The van der Waals surface area contributed by atoms with E-state index in [1.54, 1.807) is 0 Å². The van der Waals surface area contributed by atoms with Crippen molar-refractivity contribution in [2.24, 2.45) is 11.8 Å². The van der Waals surface area contributed by atoms with Gasteiger partial charge in [-0.2, -0.15) is 39.5 Å². The molecule has 0 radical (unpaired) electrons. The van der Waals surface area contributed by atoms with Gasteiger partial charge in [0.05, 0.1) is 40.9 Å². The molecule has 0 spiro atoms. The van der Waals surface area contributed by atoms with E-state index in [1.165, 1.54) is 17.9 Å². The van der Waals surface area contributed by atoms with Gasteiger partial charge in [0.15, 0.2) is 15.6 Å². The largest absolute Gasteiger partial charge is 0.489 e. The number of sulfone groups is 1. The molecular weight excluding hydrogens is 856 g/mol. The van der Waals surface area contributed by atoms with Gasteiger partial charge in [0, 0.05) is 38.0 Å². The molecule has 9 nitrogen and oxygen atoms in total. The van der Waals surface area contributed by atoms with E-state index < -0.39 is 63.2 Å². The Bertz CT molecular complexity index is 2180. The van der Waals surface area contributed by atoms with Crippen LogP contribution in [0, 0.1) is 11.8 Å². The maximum Gasteiger partial charge on any atom is 0.416 e. The van der Waals surface area contributed by atoms with Crippen LogP contribution in [0.25, 0.3) is 0 Å². The van der Waals surface area contributed by atoms with Crippen molar-refractivity contribution < 1.29 is 62.2 Å². The lowest BCUT2D eigenvalue weighted by molar-refractivity contribution is -0.146. The molecule has 19 heteroatoms. The number of carbonyl (C=O) groups excluding carboxylic acids is 1. The zero-order valence-corrected chi connectivity index (χ0v) is 35.0. The van der Waals surface area contributed by atoms with Gasteiger partial charge in [0.1, 0.15) is 13.2 Å². The minimum absolute atomic E-state index is 0.0147. The second-order valence-corrected chi connectivity index (χ2v) is 17.7. The number of esters is 1. The lowest BCUT2D eigenvalue weighted by atomic mass is 9.80. The highest BCUT2D eigenvalue weighted by atomic mass is 32.2. The monoisotopic (exact) mass is 902 g/mol. The van der Waals surface area contributed by atoms with Crippen molar-refractivity contribution in [1.82, 2.24) is 9.97 Å². The zero-order chi connectivity index (χ0) is 45.5. The number of nitrogens with zero attached hydrogens (tertiary/aromatic N) is 4. The molecule has 0 aliphatic heterocycles. The maximum absolute atomic E-state index is 14.3. The van der Waals surface area contributed by atoms with Crippen LogP contribution >= 0.6 is 0 Å². The van der Waals surface area contributed by atoms with Crippen molar-refractivity contribution in [2.45, 2.75) is 83.7 Å². The van der Waals surface area contributed by atoms with Gasteiger partial charge in [-0.05, 0) is 104 Å². The van der Waals surface area contributed by atoms with Crippen LogP contribution in [0.2, 0.25) is 0 Å². The first-order chi connectivity index (χ1) is 29.0. The Balaban J connectivity index is 1.45. The summed E-state index contributed by atoms with van der Waals surface area (Å²) < 4.78 is 161. The number of anilines is 2. The first-order valence-electron chi connectivity index (χ1n) is 19.8. The number of ether oxygens (including phenoxy) is 2. The molecule has 3 aromatic carbocycles. The molecule has 1 aliphatic rings. The zero-order valence-electron chi connectivity index (χ0n) is 34.2. The molecule has 0 saturated heterocycles. The molecule has 338 valence electrons. The predicted molar refractivity (Wildman–Crippen MR) is 214 cm³/mol. The van der Waals surface area contributed by atoms with Gasteiger partial charge < -0.3 is 19.3 Å². The fraction of sp³-hybridized carbons (Fsp3) is 0.465. The number of hydrogen-bond donors (Lipinski definition) is 0. The third-order valence-corrected chi connectivity index (χ3v) is 11.7. The van der Waals surface area contributed by atoms with Crippen molar-refractivity contribution >= 4 is 27.4 Å². The number of benzene rings is 3. The maximum atomic E-state index is 14.3. The Morgan fingerprint density at radius 2 is 1.39 bits per heavy atom. The summed E-state index contributed by atoms with van der Waals surface area (Å²) in [5.41, 5.74) is -3.40. The van der Waals surface area contributed by atoms with Crippen LogP contribution in [-0.4, -0.2) is 56.1 Å². The Morgan fingerprint density at radius 3 is 1.94 bits per heavy atom. The van der Waals surface area contributed by atoms with Gasteiger partial charge in [0.2, 0.25) is 5.95 Å². The fourth-order valence-corrected chi connectivity index (χ4v) is 7.75. The molecule has 0 amide bonds. The second-order valence-electron chi connectivity index (χ2n) is 15.5. The van der Waals surface area contributed by atoms with Crippen LogP contribution in [0.15, 0.2) is 79.1 Å². The number of halogens is 9. The van der Waals surface area contributed by atoms with Crippen LogP contribution in [0.5, 0.6) is 5.75 Å². The number of carbonyl (C=O) groups is 1. The Hall–Kier alpha value is -5.07. The Morgan fingerprint density at radius 1 is 0.806 bits per heavy atom. The molecule has 0 unspecified atom stereocenters. The van der Waals surface area contributed by atoms with Gasteiger partial charge in [0.25, 0.3) is 0 Å². The molecule has 1 aromatic heterocycles. The van der Waals surface area contributed by atoms with Gasteiger partial charge in [-0.15, -0.1) is 0 Å². The predicted octanol–water partition coefficient (Wildman–Crippen LogP) is 10.5. The molecule has 1 heterocycles. The van der Waals surface area contributed by atoms with Crippen LogP contribution in [-0.2, 0) is 51.0 Å². The minimum atomic E-state index is -5.18. The molecule has 0 bridgehead atoms. The molecule has 1 fully saturated rings. The topological polar surface area (TPSA) is 102 Å². The molecule has 1 atom stereocenters. The van der Waals surface area contributed by atoms with Crippen molar-refractivity contribution in [3.8, 4) is 5.75 Å². The van der Waals surface area contributed by atoms with E-state index in [0.717, 1.165) is 62.0 Å². The first-order valence-corrected chi connectivity index (χ1v) is 21.9. The number of alkyl halides is 9. The summed E-state index contributed by atoms with van der Waals surface area (Å²) in [7, 11) is -3.41. The second kappa shape index (κ2) is 20.0. The molecule has 62 heavy (non-hydrogen) atoms. The standard InChI is InChI=1S/C43H47F9N4O5S/c1-4-55(25-30-12-10-29(11-13-30)18-39(57)61-27-31-8-6-5-7-9-31)38-15-14-34(41(44,45)46)21-33(38)26-56(40-53-23-37(24-54-40)60-16-17-62(3,58)59)28(2)32-19-35(42(47,48)49)22-36(20-32)43(50,51)52/h5-9,14-15,19-24,28-30H,4,10-13,16-18,25-27H2,1-3H3/t28-,29?,30?/m0/s1. The average molecular weight is 903 g/mol. The molecule has 1 aliphatic carbocycles. The third kappa shape index (κ3) is 13.7. The van der Waals surface area contributed by atoms with Crippen molar-refractivity contribution in [3.63, 3.8) is 0 Å². The van der Waals surface area contributed by atoms with Gasteiger partial charge in [-0.1, -0.05) is 30.3 Å². The summed E-state index contributed by atoms with van der Waals surface area (Å²) in [6, 6.07) is 12.1. The van der Waals surface area contributed by atoms with Gasteiger partial charge in [-0.3, -0.25) is 4.79 Å². The van der Waals surface area contributed by atoms with Crippen LogP contribution in [0.3, 0.4) is 0 Å². The number of hydrogen-bond acceptors (Lipinski definition) is 9. The lowest BCUT2D eigenvalue weighted by Gasteiger charge is -2.36. The highest BCUT2D eigenvalue weighted by Gasteiger charge is 2.38. The van der Waals surface area contributed by atoms with Crippen LogP contribution in [0.1, 0.15) is 85.4 Å². The van der Waals surface area contributed by atoms with E-state index in [2.05, 4.69) is 9.97 Å². The van der Waals surface area contributed by atoms with Crippen molar-refractivity contribution in [1.29, 1.82) is 0 Å². The van der Waals surface area contributed by atoms with E-state index in [0.29, 0.717) is 30.9 Å². The normalized spacial score (nSPS) is 16.7. The number of rotatable bonds is 17.